The summed E-state index contributed by atoms with van der Waals surface area (Å²) in [5.74, 6) is 1.79. The Morgan fingerprint density at radius 3 is 2.64 bits per heavy atom. The summed E-state index contributed by atoms with van der Waals surface area (Å²) in [5.41, 5.74) is 4.95. The monoisotopic (exact) mass is 477 g/mol. The van der Waals surface area contributed by atoms with Crippen LogP contribution in [0.4, 0.5) is 0 Å². The number of carbonyl (C=O) groups is 1. The highest BCUT2D eigenvalue weighted by molar-refractivity contribution is 7.98. The third kappa shape index (κ3) is 6.44. The van der Waals surface area contributed by atoms with E-state index in [1.807, 2.05) is 48.0 Å². The van der Waals surface area contributed by atoms with E-state index in [0.29, 0.717) is 22.1 Å². The molecule has 4 aromatic rings. The quantitative estimate of drug-likeness (QED) is 0.211. The zero-order valence-electron chi connectivity index (χ0n) is 17.7. The number of rotatable bonds is 8. The summed E-state index contributed by atoms with van der Waals surface area (Å²) in [7, 11) is 1.90. The van der Waals surface area contributed by atoms with Crippen molar-refractivity contribution in [2.75, 3.05) is 0 Å². The Morgan fingerprint density at radius 2 is 1.91 bits per heavy atom. The number of halogens is 1. The molecule has 0 spiro atoms. The topological polar surface area (TPSA) is 81.4 Å². The van der Waals surface area contributed by atoms with Gasteiger partial charge in [0.05, 0.1) is 6.21 Å². The lowest BCUT2D eigenvalue weighted by Crippen LogP contribution is -2.17. The van der Waals surface area contributed by atoms with Gasteiger partial charge in [0.2, 0.25) is 0 Å². The number of thioether (sulfide) groups is 1. The molecule has 33 heavy (non-hydrogen) atoms. The number of ether oxygens (including phenoxy) is 1. The summed E-state index contributed by atoms with van der Waals surface area (Å²) in [6.45, 7) is 0. The molecule has 3 aromatic carbocycles. The van der Waals surface area contributed by atoms with Crippen LogP contribution in [-0.4, -0.2) is 26.9 Å². The van der Waals surface area contributed by atoms with Gasteiger partial charge in [0.25, 0.3) is 5.91 Å². The minimum absolute atomic E-state index is 0.285. The summed E-state index contributed by atoms with van der Waals surface area (Å²) < 4.78 is 7.68. The number of aryl methyl sites for hydroxylation is 1. The van der Waals surface area contributed by atoms with Gasteiger partial charge >= 0.3 is 0 Å². The maximum absolute atomic E-state index is 12.4. The predicted molar refractivity (Wildman–Crippen MR) is 130 cm³/mol. The van der Waals surface area contributed by atoms with Gasteiger partial charge in [-0.25, -0.2) is 5.43 Å². The van der Waals surface area contributed by atoms with Crippen molar-refractivity contribution in [2.24, 2.45) is 12.1 Å². The van der Waals surface area contributed by atoms with Crippen LogP contribution in [0.5, 0.6) is 11.5 Å². The SMILES string of the molecule is Cn1cnnc1SCc1ccc(C(=O)N/N=C\c2cccc(Oc3ccc(Cl)cc3)c2)cc1. The Balaban J connectivity index is 1.30. The van der Waals surface area contributed by atoms with Crippen molar-refractivity contribution in [2.45, 2.75) is 10.9 Å². The number of carbonyl (C=O) groups excluding carboxylic acids is 1. The molecule has 9 heteroatoms. The van der Waals surface area contributed by atoms with E-state index >= 15 is 0 Å². The average Bonchev–Trinajstić information content (AvgIpc) is 3.24. The van der Waals surface area contributed by atoms with Crippen LogP contribution >= 0.6 is 23.4 Å². The molecule has 1 aromatic heterocycles. The average molecular weight is 478 g/mol. The molecule has 1 N–H and O–H groups in total. The van der Waals surface area contributed by atoms with Gasteiger partial charge < -0.3 is 9.30 Å². The Morgan fingerprint density at radius 1 is 1.12 bits per heavy atom. The zero-order valence-corrected chi connectivity index (χ0v) is 19.3. The van der Waals surface area contributed by atoms with Crippen LogP contribution in [0.3, 0.4) is 0 Å². The Kier molecular flexibility index (Phi) is 7.39. The molecule has 0 saturated heterocycles. The van der Waals surface area contributed by atoms with E-state index in [2.05, 4.69) is 20.7 Å². The van der Waals surface area contributed by atoms with E-state index in [1.165, 1.54) is 0 Å². The van der Waals surface area contributed by atoms with Crippen molar-refractivity contribution in [1.29, 1.82) is 0 Å². The summed E-state index contributed by atoms with van der Waals surface area (Å²) in [4.78, 5) is 12.4. The van der Waals surface area contributed by atoms with Crippen molar-refractivity contribution in [3.63, 3.8) is 0 Å². The first-order chi connectivity index (χ1) is 16.1. The summed E-state index contributed by atoms with van der Waals surface area (Å²) >= 11 is 7.48. The molecule has 0 unspecified atom stereocenters. The van der Waals surface area contributed by atoms with E-state index in [1.54, 1.807) is 60.7 Å². The lowest BCUT2D eigenvalue weighted by molar-refractivity contribution is 0.0955. The number of hydrogen-bond acceptors (Lipinski definition) is 6. The molecule has 0 aliphatic carbocycles. The van der Waals surface area contributed by atoms with Gasteiger partial charge in [-0.15, -0.1) is 10.2 Å². The van der Waals surface area contributed by atoms with Gasteiger partial charge in [-0.2, -0.15) is 5.10 Å². The highest BCUT2D eigenvalue weighted by Crippen LogP contribution is 2.23. The highest BCUT2D eigenvalue weighted by Gasteiger charge is 2.06. The van der Waals surface area contributed by atoms with Crippen LogP contribution in [-0.2, 0) is 12.8 Å². The first kappa shape index (κ1) is 22.6. The van der Waals surface area contributed by atoms with Gasteiger partial charge in [0.1, 0.15) is 17.8 Å². The Labute approximate surface area is 200 Å². The van der Waals surface area contributed by atoms with E-state index in [0.717, 1.165) is 22.0 Å². The molecule has 0 aliphatic rings. The third-order valence-corrected chi connectivity index (χ3v) is 5.90. The van der Waals surface area contributed by atoms with E-state index in [-0.39, 0.29) is 5.91 Å². The predicted octanol–water partition coefficient (Wildman–Crippen LogP) is 5.32. The number of aromatic nitrogens is 3. The van der Waals surface area contributed by atoms with Gasteiger partial charge in [0.15, 0.2) is 5.16 Å². The van der Waals surface area contributed by atoms with Crippen molar-refractivity contribution < 1.29 is 9.53 Å². The van der Waals surface area contributed by atoms with Crippen LogP contribution in [0.1, 0.15) is 21.5 Å². The molecule has 0 atom stereocenters. The molecule has 166 valence electrons. The number of nitrogens with zero attached hydrogens (tertiary/aromatic N) is 4. The lowest BCUT2D eigenvalue weighted by atomic mass is 10.1. The van der Waals surface area contributed by atoms with Gasteiger partial charge in [-0.1, -0.05) is 47.6 Å². The molecule has 1 heterocycles. The minimum Gasteiger partial charge on any atom is -0.457 e. The van der Waals surface area contributed by atoms with Crippen molar-refractivity contribution in [3.8, 4) is 11.5 Å². The summed E-state index contributed by atoms with van der Waals surface area (Å²) in [6, 6.07) is 21.9. The fourth-order valence-corrected chi connectivity index (χ4v) is 3.80. The third-order valence-electron chi connectivity index (χ3n) is 4.54. The molecule has 0 bridgehead atoms. The minimum atomic E-state index is -0.285. The lowest BCUT2D eigenvalue weighted by Gasteiger charge is -2.06. The van der Waals surface area contributed by atoms with Crippen molar-refractivity contribution in [3.05, 3.63) is 101 Å². The Hall–Kier alpha value is -3.62. The second-order valence-corrected chi connectivity index (χ2v) is 8.42. The summed E-state index contributed by atoms with van der Waals surface area (Å²) in [5, 5.41) is 13.5. The van der Waals surface area contributed by atoms with E-state index in [4.69, 9.17) is 16.3 Å². The zero-order chi connectivity index (χ0) is 23.0. The number of nitrogens with one attached hydrogen (secondary N) is 1. The number of benzene rings is 3. The fraction of sp³-hybridized carbons (Fsp3) is 0.0833. The van der Waals surface area contributed by atoms with Crippen LogP contribution in [0.15, 0.2) is 89.4 Å². The fourth-order valence-electron chi connectivity index (χ4n) is 2.83. The second-order valence-electron chi connectivity index (χ2n) is 7.04. The van der Waals surface area contributed by atoms with Crippen LogP contribution in [0.2, 0.25) is 5.02 Å². The van der Waals surface area contributed by atoms with Crippen molar-refractivity contribution in [1.82, 2.24) is 20.2 Å². The van der Waals surface area contributed by atoms with E-state index < -0.39 is 0 Å². The molecule has 4 rings (SSSR count). The Bertz CT molecular complexity index is 1260. The van der Waals surface area contributed by atoms with Crippen LogP contribution in [0.25, 0.3) is 0 Å². The second kappa shape index (κ2) is 10.8. The summed E-state index contributed by atoms with van der Waals surface area (Å²) in [6.07, 6.45) is 3.23. The maximum Gasteiger partial charge on any atom is 0.271 e. The maximum atomic E-state index is 12.4. The molecule has 0 radical (unpaired) electrons. The molecular formula is C24H20ClN5O2S. The van der Waals surface area contributed by atoms with Gasteiger partial charge in [0, 0.05) is 23.4 Å². The first-order valence-electron chi connectivity index (χ1n) is 9.99. The normalized spacial score (nSPS) is 11.0. The van der Waals surface area contributed by atoms with E-state index in [9.17, 15) is 4.79 Å². The van der Waals surface area contributed by atoms with Gasteiger partial charge in [-0.3, -0.25) is 4.79 Å². The number of hydrazone groups is 1. The number of amides is 1. The molecule has 0 aliphatic heterocycles. The van der Waals surface area contributed by atoms with Crippen LogP contribution in [0, 0.1) is 0 Å². The number of hydrogen-bond donors (Lipinski definition) is 1. The van der Waals surface area contributed by atoms with Gasteiger partial charge in [-0.05, 0) is 59.7 Å². The highest BCUT2D eigenvalue weighted by atomic mass is 35.5. The molecule has 0 fully saturated rings. The molecule has 0 saturated carbocycles. The van der Waals surface area contributed by atoms with Crippen molar-refractivity contribution >= 4 is 35.5 Å². The first-order valence-corrected chi connectivity index (χ1v) is 11.4. The molecular weight excluding hydrogens is 458 g/mol. The largest absolute Gasteiger partial charge is 0.457 e. The smallest absolute Gasteiger partial charge is 0.271 e. The standard InChI is InChI=1S/C24H20ClN5O2S/c1-30-16-27-29-24(30)33-15-17-5-7-19(8-6-17)23(31)28-26-14-18-3-2-4-22(13-18)32-21-11-9-20(25)10-12-21/h2-14,16H,15H2,1H3,(H,28,31)/b26-14-. The van der Waals surface area contributed by atoms with Crippen LogP contribution < -0.4 is 10.2 Å². The molecule has 7 nitrogen and oxygen atoms in total. The molecule has 1 amide bonds.